The number of carbonyl (C=O) groups excluding carboxylic acids is 2. The molecule has 1 heterocycles. The second kappa shape index (κ2) is 10.3. The van der Waals surface area contributed by atoms with Gasteiger partial charge in [0.15, 0.2) is 5.75 Å². The molecule has 0 spiro atoms. The van der Waals surface area contributed by atoms with Crippen LogP contribution in [0.25, 0.3) is 0 Å². The van der Waals surface area contributed by atoms with Crippen molar-refractivity contribution in [3.05, 3.63) is 63.7 Å². The van der Waals surface area contributed by atoms with Crippen molar-refractivity contribution >= 4 is 22.1 Å². The van der Waals surface area contributed by atoms with Gasteiger partial charge in [-0.3, -0.25) is 4.79 Å². The van der Waals surface area contributed by atoms with Gasteiger partial charge in [-0.05, 0) is 51.3 Å². The maximum Gasteiger partial charge on any atom is 0.342 e. The Bertz CT molecular complexity index is 1340. The van der Waals surface area contributed by atoms with Gasteiger partial charge in [-0.2, -0.15) is 8.42 Å². The van der Waals surface area contributed by atoms with Crippen molar-refractivity contribution in [1.29, 1.82) is 0 Å². The maximum absolute atomic E-state index is 13.2. The molecule has 0 N–H and O–H groups in total. The average molecular weight is 492 g/mol. The Morgan fingerprint density at radius 1 is 1.18 bits per heavy atom. The minimum Gasteiger partial charge on any atom is -0.496 e. The van der Waals surface area contributed by atoms with Crippen LogP contribution in [0.2, 0.25) is 0 Å². The van der Waals surface area contributed by atoms with Crippen LogP contribution in [-0.2, 0) is 37.4 Å². The summed E-state index contributed by atoms with van der Waals surface area (Å²) < 4.78 is 70.0. The van der Waals surface area contributed by atoms with Crippen LogP contribution in [0, 0.1) is 13.8 Å². The summed E-state index contributed by atoms with van der Waals surface area (Å²) in [5, 5.41) is 0. The van der Waals surface area contributed by atoms with Crippen molar-refractivity contribution in [3.63, 3.8) is 0 Å². The van der Waals surface area contributed by atoms with Crippen molar-refractivity contribution < 1.29 is 40.5 Å². The van der Waals surface area contributed by atoms with E-state index in [1.54, 1.807) is 39.0 Å². The predicted octanol–water partition coefficient (Wildman–Crippen LogP) is 4.19. The lowest BCUT2D eigenvalue weighted by Gasteiger charge is -2.19. The first kappa shape index (κ1) is 21.2. The summed E-state index contributed by atoms with van der Waals surface area (Å²) in [6, 6.07) is 5.94. The van der Waals surface area contributed by atoms with Crippen molar-refractivity contribution in [2.45, 2.75) is 51.5 Å². The standard InChI is InChI=1S/C25H28O8S/c1-15-6-10-18(11-7-15)34(28,29)33-24-19(12-8-16(2)9-13-21(26)30-4)23(31-5)17(3)20-14-32-25(27)22(20)24/h6-8,10-11H,9,12-14H2,1-5H3/i5D3. The molecule has 0 fully saturated rings. The number of hydrogen-bond donors (Lipinski definition) is 0. The molecule has 0 aromatic heterocycles. The Morgan fingerprint density at radius 2 is 1.88 bits per heavy atom. The zero-order valence-electron chi connectivity index (χ0n) is 22.4. The number of esters is 2. The first-order chi connectivity index (χ1) is 17.2. The molecule has 0 amide bonds. The van der Waals surface area contributed by atoms with E-state index in [0.717, 1.165) is 11.1 Å². The van der Waals surface area contributed by atoms with Crippen LogP contribution in [0.5, 0.6) is 11.5 Å². The largest absolute Gasteiger partial charge is 0.496 e. The van der Waals surface area contributed by atoms with Crippen LogP contribution in [0.3, 0.4) is 0 Å². The molecule has 2 aromatic rings. The van der Waals surface area contributed by atoms with Gasteiger partial charge in [-0.15, -0.1) is 0 Å². The SMILES string of the molecule is [2H]C([2H])([2H])Oc1c(C)c2c(c(OS(=O)(=O)c3ccc(C)cc3)c1CC=C(C)CCC(=O)OC)C(=O)OC2. The Kier molecular flexibility index (Phi) is 6.43. The molecule has 0 unspecified atom stereocenters. The van der Waals surface area contributed by atoms with E-state index in [1.807, 2.05) is 0 Å². The molecule has 0 atom stereocenters. The van der Waals surface area contributed by atoms with Gasteiger partial charge < -0.3 is 18.4 Å². The number of allylic oxidation sites excluding steroid dienone is 2. The molecule has 34 heavy (non-hydrogen) atoms. The van der Waals surface area contributed by atoms with Gasteiger partial charge >= 0.3 is 22.1 Å². The minimum absolute atomic E-state index is 0.0431. The molecule has 0 saturated carbocycles. The summed E-state index contributed by atoms with van der Waals surface area (Å²) in [5.74, 6) is -1.66. The number of aryl methyl sites for hydroxylation is 1. The third-order valence-corrected chi connectivity index (χ3v) is 6.87. The van der Waals surface area contributed by atoms with Crippen LogP contribution in [0.4, 0.5) is 0 Å². The molecule has 9 heteroatoms. The van der Waals surface area contributed by atoms with E-state index in [0.29, 0.717) is 12.0 Å². The monoisotopic (exact) mass is 491 g/mol. The van der Waals surface area contributed by atoms with Crippen LogP contribution in [-0.4, -0.2) is 34.5 Å². The van der Waals surface area contributed by atoms with Crippen LogP contribution < -0.4 is 8.92 Å². The van der Waals surface area contributed by atoms with Gasteiger partial charge in [0.25, 0.3) is 0 Å². The summed E-state index contributed by atoms with van der Waals surface area (Å²) in [7, 11) is -6.01. The molecule has 0 saturated heterocycles. The highest BCUT2D eigenvalue weighted by atomic mass is 32.2. The van der Waals surface area contributed by atoms with Crippen LogP contribution in [0.15, 0.2) is 40.8 Å². The number of benzene rings is 2. The smallest absolute Gasteiger partial charge is 0.342 e. The Balaban J connectivity index is 2.18. The molecule has 0 aliphatic carbocycles. The first-order valence-electron chi connectivity index (χ1n) is 12.0. The van der Waals surface area contributed by atoms with Gasteiger partial charge in [-0.25, -0.2) is 4.79 Å². The van der Waals surface area contributed by atoms with E-state index in [-0.39, 0.29) is 52.5 Å². The highest BCUT2D eigenvalue weighted by Gasteiger charge is 2.35. The Morgan fingerprint density at radius 3 is 2.53 bits per heavy atom. The summed E-state index contributed by atoms with van der Waals surface area (Å²) in [6.07, 6.45) is 2.12. The minimum atomic E-state index is -4.42. The normalized spacial score (nSPS) is 15.0. The lowest BCUT2D eigenvalue weighted by atomic mass is 9.94. The molecule has 0 radical (unpaired) electrons. The molecule has 182 valence electrons. The topological polar surface area (TPSA) is 105 Å². The molecule has 1 aliphatic rings. The van der Waals surface area contributed by atoms with E-state index in [9.17, 15) is 18.0 Å². The van der Waals surface area contributed by atoms with Crippen molar-refractivity contribution in [1.82, 2.24) is 0 Å². The number of fused-ring (bicyclic) bond motifs is 1. The van der Waals surface area contributed by atoms with E-state index in [1.165, 1.54) is 19.2 Å². The molecule has 8 nitrogen and oxygen atoms in total. The predicted molar refractivity (Wildman–Crippen MR) is 125 cm³/mol. The zero-order valence-corrected chi connectivity index (χ0v) is 20.2. The highest BCUT2D eigenvalue weighted by Crippen LogP contribution is 2.43. The Hall–Kier alpha value is -3.33. The average Bonchev–Trinajstić information content (AvgIpc) is 3.21. The third kappa shape index (κ3) is 5.25. The molecule has 0 bridgehead atoms. The summed E-state index contributed by atoms with van der Waals surface area (Å²) in [5.41, 5.74) is 2.15. The van der Waals surface area contributed by atoms with Crippen molar-refractivity contribution in [2.75, 3.05) is 14.1 Å². The Labute approximate surface area is 203 Å². The summed E-state index contributed by atoms with van der Waals surface area (Å²) >= 11 is 0. The van der Waals surface area contributed by atoms with Crippen LogP contribution in [0.1, 0.15) is 56.5 Å². The molecular formula is C25H28O8S. The van der Waals surface area contributed by atoms with Crippen molar-refractivity contribution in [2.24, 2.45) is 0 Å². The fraction of sp³-hybridized carbons (Fsp3) is 0.360. The maximum atomic E-state index is 13.2. The fourth-order valence-electron chi connectivity index (χ4n) is 3.61. The second-order valence-electron chi connectivity index (χ2n) is 7.97. The van der Waals surface area contributed by atoms with E-state index < -0.39 is 29.1 Å². The lowest BCUT2D eigenvalue weighted by molar-refractivity contribution is -0.140. The first-order valence-corrected chi connectivity index (χ1v) is 11.9. The lowest BCUT2D eigenvalue weighted by Crippen LogP contribution is -2.15. The fourth-order valence-corrected chi connectivity index (χ4v) is 4.58. The van der Waals surface area contributed by atoms with Gasteiger partial charge in [0.1, 0.15) is 22.8 Å². The number of rotatable bonds is 9. The molecule has 1 aliphatic heterocycles. The van der Waals surface area contributed by atoms with Crippen LogP contribution >= 0.6 is 0 Å². The van der Waals surface area contributed by atoms with Crippen molar-refractivity contribution in [3.8, 4) is 11.5 Å². The molecular weight excluding hydrogens is 460 g/mol. The van der Waals surface area contributed by atoms with E-state index in [2.05, 4.69) is 4.74 Å². The third-order valence-electron chi connectivity index (χ3n) is 5.63. The number of ether oxygens (including phenoxy) is 3. The van der Waals surface area contributed by atoms with Gasteiger partial charge in [-0.1, -0.05) is 29.3 Å². The highest BCUT2D eigenvalue weighted by molar-refractivity contribution is 7.87. The summed E-state index contributed by atoms with van der Waals surface area (Å²) in [4.78, 5) is 24.0. The summed E-state index contributed by atoms with van der Waals surface area (Å²) in [6.45, 7) is 4.93. The molecule has 3 rings (SSSR count). The second-order valence-corrected chi connectivity index (χ2v) is 9.52. The van der Waals surface area contributed by atoms with E-state index >= 15 is 0 Å². The van der Waals surface area contributed by atoms with Gasteiger partial charge in [0.05, 0.1) is 18.3 Å². The quantitative estimate of drug-likeness (QED) is 0.292. The van der Waals surface area contributed by atoms with Gasteiger partial charge in [0.2, 0.25) is 0 Å². The van der Waals surface area contributed by atoms with Gasteiger partial charge in [0, 0.05) is 17.5 Å². The number of carbonyl (C=O) groups is 2. The number of hydrogen-bond acceptors (Lipinski definition) is 8. The van der Waals surface area contributed by atoms with E-state index in [4.69, 9.17) is 17.8 Å². The number of methoxy groups -OCH3 is 2. The zero-order chi connectivity index (χ0) is 27.5. The number of cyclic esters (lactones) is 1. The molecule has 2 aromatic carbocycles.